The van der Waals surface area contributed by atoms with Gasteiger partial charge in [-0.1, -0.05) is 78.3 Å². The molecule has 0 amide bonds. The zero-order chi connectivity index (χ0) is 15.2. The van der Waals surface area contributed by atoms with Gasteiger partial charge in [-0.25, -0.2) is 0 Å². The van der Waals surface area contributed by atoms with Gasteiger partial charge in [-0.05, 0) is 22.8 Å². The third-order valence-electron chi connectivity index (χ3n) is 4.26. The van der Waals surface area contributed by atoms with Crippen molar-refractivity contribution in [2.75, 3.05) is 0 Å². The van der Waals surface area contributed by atoms with Crippen LogP contribution in [0.15, 0.2) is 72.8 Å². The van der Waals surface area contributed by atoms with Gasteiger partial charge in [0, 0.05) is 21.8 Å². The lowest BCUT2D eigenvalue weighted by Crippen LogP contribution is -2.23. The molecular weight excluding hydrogens is 311 g/mol. The van der Waals surface area contributed by atoms with Crippen molar-refractivity contribution in [3.05, 3.63) is 83.4 Å². The maximum atomic E-state index is 13.9. The van der Waals surface area contributed by atoms with E-state index in [2.05, 4.69) is 6.07 Å². The zero-order valence-electron chi connectivity index (χ0n) is 11.9. The van der Waals surface area contributed by atoms with E-state index in [9.17, 15) is 4.57 Å². The van der Waals surface area contributed by atoms with E-state index in [0.29, 0.717) is 11.2 Å². The highest BCUT2D eigenvalue weighted by Gasteiger charge is 2.35. The molecule has 1 atom stereocenters. The number of hydrogen-bond donors (Lipinski definition) is 0. The van der Waals surface area contributed by atoms with Crippen LogP contribution in [0.25, 0.3) is 11.1 Å². The van der Waals surface area contributed by atoms with Gasteiger partial charge in [-0.15, -0.1) is 0 Å². The standard InChI is InChI=1S/C19H14ClOP/c20-18-11-6-10-15-16-9-4-5-12-19(16)22(21,13-17(15)18)14-7-2-1-3-8-14/h1-12H,13H2. The van der Waals surface area contributed by atoms with Crippen LogP contribution in [0.2, 0.25) is 5.02 Å². The molecule has 0 saturated carbocycles. The highest BCUT2D eigenvalue weighted by atomic mass is 35.5. The second kappa shape index (κ2) is 5.12. The molecule has 3 aromatic carbocycles. The summed E-state index contributed by atoms with van der Waals surface area (Å²) in [5.74, 6) is 0. The summed E-state index contributed by atoms with van der Waals surface area (Å²) in [7, 11) is -2.70. The molecule has 0 fully saturated rings. The van der Waals surface area contributed by atoms with Gasteiger partial charge in [-0.3, -0.25) is 0 Å². The van der Waals surface area contributed by atoms with Gasteiger partial charge in [0.25, 0.3) is 0 Å². The molecule has 0 spiro atoms. The lowest BCUT2D eigenvalue weighted by Gasteiger charge is -2.29. The monoisotopic (exact) mass is 324 g/mol. The Hall–Kier alpha value is -1.82. The Balaban J connectivity index is 2.06. The number of benzene rings is 3. The molecule has 0 saturated heterocycles. The molecular formula is C19H14ClOP. The lowest BCUT2D eigenvalue weighted by molar-refractivity contribution is 0.586. The highest BCUT2D eigenvalue weighted by molar-refractivity contribution is 7.78. The molecule has 3 heteroatoms. The number of rotatable bonds is 1. The molecule has 1 nitrogen and oxygen atoms in total. The van der Waals surface area contributed by atoms with Crippen molar-refractivity contribution in [2.45, 2.75) is 6.16 Å². The number of fused-ring (bicyclic) bond motifs is 3. The average Bonchev–Trinajstić information content (AvgIpc) is 2.57. The first kappa shape index (κ1) is 13.8. The quantitative estimate of drug-likeness (QED) is 0.586. The minimum atomic E-state index is -2.70. The molecule has 3 aromatic rings. The van der Waals surface area contributed by atoms with Crippen molar-refractivity contribution in [2.24, 2.45) is 0 Å². The van der Waals surface area contributed by atoms with Crippen LogP contribution >= 0.6 is 18.7 Å². The fourth-order valence-corrected chi connectivity index (χ4v) is 6.51. The predicted molar refractivity (Wildman–Crippen MR) is 93.9 cm³/mol. The van der Waals surface area contributed by atoms with Crippen LogP contribution in [0.4, 0.5) is 0 Å². The van der Waals surface area contributed by atoms with Gasteiger partial charge in [0.15, 0.2) is 0 Å². The third kappa shape index (κ3) is 1.97. The van der Waals surface area contributed by atoms with Crippen LogP contribution in [-0.2, 0) is 10.7 Å². The molecule has 0 aliphatic carbocycles. The minimum absolute atomic E-state index is 0.489. The molecule has 0 aromatic heterocycles. The van der Waals surface area contributed by atoms with E-state index in [-0.39, 0.29) is 0 Å². The normalized spacial score (nSPS) is 19.3. The molecule has 22 heavy (non-hydrogen) atoms. The van der Waals surface area contributed by atoms with Crippen molar-refractivity contribution < 1.29 is 4.57 Å². The van der Waals surface area contributed by atoms with E-state index >= 15 is 0 Å². The van der Waals surface area contributed by atoms with Gasteiger partial charge >= 0.3 is 0 Å². The van der Waals surface area contributed by atoms with Crippen molar-refractivity contribution >= 4 is 29.4 Å². The van der Waals surface area contributed by atoms with Gasteiger partial charge in [0.05, 0.1) is 0 Å². The van der Waals surface area contributed by atoms with Crippen LogP contribution in [0.5, 0.6) is 0 Å². The summed E-state index contributed by atoms with van der Waals surface area (Å²) in [6.07, 6.45) is 0.489. The molecule has 0 radical (unpaired) electrons. The smallest absolute Gasteiger partial charge is 0.148 e. The Bertz CT molecular complexity index is 902. The molecule has 0 N–H and O–H groups in total. The first-order valence-electron chi connectivity index (χ1n) is 7.22. The van der Waals surface area contributed by atoms with Crippen LogP contribution in [0, 0.1) is 0 Å². The molecule has 1 heterocycles. The van der Waals surface area contributed by atoms with Gasteiger partial charge in [0.1, 0.15) is 7.14 Å². The molecule has 1 aliphatic rings. The fourth-order valence-electron chi connectivity index (χ4n) is 3.20. The van der Waals surface area contributed by atoms with E-state index in [0.717, 1.165) is 27.3 Å². The SMILES string of the molecule is O=P1(c2ccccc2)Cc2c(Cl)cccc2-c2ccccc21. The van der Waals surface area contributed by atoms with Crippen LogP contribution in [-0.4, -0.2) is 0 Å². The van der Waals surface area contributed by atoms with Crippen LogP contribution in [0.1, 0.15) is 5.56 Å². The zero-order valence-corrected chi connectivity index (χ0v) is 13.5. The first-order chi connectivity index (χ1) is 10.7. The average molecular weight is 325 g/mol. The fraction of sp³-hybridized carbons (Fsp3) is 0.0526. The maximum Gasteiger partial charge on any atom is 0.148 e. The van der Waals surface area contributed by atoms with Crippen molar-refractivity contribution in [3.63, 3.8) is 0 Å². The number of hydrogen-bond acceptors (Lipinski definition) is 1. The summed E-state index contributed by atoms with van der Waals surface area (Å²) in [6.45, 7) is 0. The van der Waals surface area contributed by atoms with Gasteiger partial charge < -0.3 is 4.57 Å². The minimum Gasteiger partial charge on any atom is -0.313 e. The Morgan fingerprint density at radius 2 is 1.45 bits per heavy atom. The van der Waals surface area contributed by atoms with Crippen LogP contribution in [0.3, 0.4) is 0 Å². The summed E-state index contributed by atoms with van der Waals surface area (Å²) in [6, 6.07) is 23.6. The topological polar surface area (TPSA) is 17.1 Å². The van der Waals surface area contributed by atoms with E-state index in [1.54, 1.807) is 0 Å². The van der Waals surface area contributed by atoms with Crippen molar-refractivity contribution in [1.29, 1.82) is 0 Å². The summed E-state index contributed by atoms with van der Waals surface area (Å²) in [5, 5.41) is 2.53. The summed E-state index contributed by atoms with van der Waals surface area (Å²) >= 11 is 6.40. The number of halogens is 1. The predicted octanol–water partition coefficient (Wildman–Crippen LogP) is 4.83. The Kier molecular flexibility index (Phi) is 3.22. The van der Waals surface area contributed by atoms with E-state index in [4.69, 9.17) is 11.6 Å². The molecule has 0 bridgehead atoms. The molecule has 1 unspecified atom stereocenters. The van der Waals surface area contributed by atoms with Crippen molar-refractivity contribution in [3.8, 4) is 11.1 Å². The Morgan fingerprint density at radius 3 is 2.27 bits per heavy atom. The molecule has 108 valence electrons. The largest absolute Gasteiger partial charge is 0.313 e. The summed E-state index contributed by atoms with van der Waals surface area (Å²) < 4.78 is 13.9. The van der Waals surface area contributed by atoms with Gasteiger partial charge in [-0.2, -0.15) is 0 Å². The van der Waals surface area contributed by atoms with E-state index in [1.165, 1.54) is 0 Å². The first-order valence-corrected chi connectivity index (χ1v) is 9.49. The Labute approximate surface area is 134 Å². The highest BCUT2D eigenvalue weighted by Crippen LogP contribution is 2.55. The Morgan fingerprint density at radius 1 is 0.773 bits per heavy atom. The van der Waals surface area contributed by atoms with Crippen LogP contribution < -0.4 is 10.6 Å². The summed E-state index contributed by atoms with van der Waals surface area (Å²) in [4.78, 5) is 0. The third-order valence-corrected chi connectivity index (χ3v) is 7.67. The second-order valence-electron chi connectivity index (χ2n) is 5.52. The van der Waals surface area contributed by atoms with Crippen molar-refractivity contribution in [1.82, 2.24) is 0 Å². The summed E-state index contributed by atoms with van der Waals surface area (Å²) in [5.41, 5.74) is 3.14. The second-order valence-corrected chi connectivity index (χ2v) is 8.72. The van der Waals surface area contributed by atoms with E-state index < -0.39 is 7.14 Å². The molecule has 4 rings (SSSR count). The maximum absolute atomic E-state index is 13.9. The lowest BCUT2D eigenvalue weighted by atomic mass is 10.00. The van der Waals surface area contributed by atoms with Gasteiger partial charge in [0.2, 0.25) is 0 Å². The molecule has 1 aliphatic heterocycles. The van der Waals surface area contributed by atoms with E-state index in [1.807, 2.05) is 66.7 Å².